The van der Waals surface area contributed by atoms with Crippen molar-refractivity contribution in [1.82, 2.24) is 0 Å². The third-order valence-corrected chi connectivity index (χ3v) is 6.06. The molecule has 86 valence electrons. The molecule has 0 amide bonds. The lowest BCUT2D eigenvalue weighted by Crippen LogP contribution is -2.54. The van der Waals surface area contributed by atoms with Crippen molar-refractivity contribution in [3.8, 4) is 0 Å². The zero-order valence-corrected chi connectivity index (χ0v) is 10.7. The normalized spacial score (nSPS) is 52.8. The summed E-state index contributed by atoms with van der Waals surface area (Å²) >= 11 is 0. The molecule has 3 aliphatic rings. The first-order valence-corrected chi connectivity index (χ1v) is 7.08. The molecular formula is C15H26. The third kappa shape index (κ3) is 1.14. The summed E-state index contributed by atoms with van der Waals surface area (Å²) in [5.74, 6) is 3.07. The maximum absolute atomic E-state index is 2.53. The summed E-state index contributed by atoms with van der Waals surface area (Å²) in [5, 5.41) is 0. The van der Waals surface area contributed by atoms with E-state index in [4.69, 9.17) is 0 Å². The summed E-state index contributed by atoms with van der Waals surface area (Å²) in [5.41, 5.74) is 1.63. The average Bonchev–Trinajstić information content (AvgIpc) is 2.31. The van der Waals surface area contributed by atoms with Gasteiger partial charge in [-0.05, 0) is 60.7 Å². The van der Waals surface area contributed by atoms with Gasteiger partial charge in [-0.2, -0.15) is 0 Å². The molecule has 0 heterocycles. The highest BCUT2D eigenvalue weighted by Crippen LogP contribution is 2.76. The predicted octanol–water partition coefficient (Wildman–Crippen LogP) is 4.64. The van der Waals surface area contributed by atoms with Gasteiger partial charge in [-0.1, -0.05) is 33.6 Å². The summed E-state index contributed by atoms with van der Waals surface area (Å²) < 4.78 is 0. The predicted molar refractivity (Wildman–Crippen MR) is 64.7 cm³/mol. The largest absolute Gasteiger partial charge is 0.0628 e. The first-order valence-electron chi connectivity index (χ1n) is 7.08. The second-order valence-corrected chi connectivity index (χ2v) is 7.31. The molecular weight excluding hydrogens is 180 g/mol. The summed E-state index contributed by atoms with van der Waals surface area (Å²) in [6, 6.07) is 0. The number of fused-ring (bicyclic) bond motifs is 1. The molecule has 2 bridgehead atoms. The number of hydrogen-bond donors (Lipinski definition) is 0. The summed E-state index contributed by atoms with van der Waals surface area (Å²) in [4.78, 5) is 0. The zero-order chi connectivity index (χ0) is 10.7. The Morgan fingerprint density at radius 1 is 1.20 bits per heavy atom. The van der Waals surface area contributed by atoms with Crippen molar-refractivity contribution in [2.75, 3.05) is 0 Å². The Balaban J connectivity index is 1.90. The minimum atomic E-state index is 0.807. The van der Waals surface area contributed by atoms with Crippen LogP contribution in [0.4, 0.5) is 0 Å². The van der Waals surface area contributed by atoms with Gasteiger partial charge in [-0.3, -0.25) is 0 Å². The molecule has 1 spiro atoms. The fraction of sp³-hybridized carbons (Fsp3) is 1.00. The van der Waals surface area contributed by atoms with Crippen LogP contribution in [0.25, 0.3) is 0 Å². The van der Waals surface area contributed by atoms with E-state index in [-0.39, 0.29) is 0 Å². The molecule has 4 unspecified atom stereocenters. The van der Waals surface area contributed by atoms with E-state index in [2.05, 4.69) is 20.8 Å². The second kappa shape index (κ2) is 3.02. The highest BCUT2D eigenvalue weighted by Gasteiger charge is 2.67. The molecule has 0 aromatic heterocycles. The van der Waals surface area contributed by atoms with Crippen LogP contribution in [-0.4, -0.2) is 0 Å². The molecule has 3 saturated carbocycles. The molecule has 0 radical (unpaired) electrons. The van der Waals surface area contributed by atoms with Crippen LogP contribution >= 0.6 is 0 Å². The van der Waals surface area contributed by atoms with Crippen LogP contribution in [0.15, 0.2) is 0 Å². The minimum Gasteiger partial charge on any atom is -0.0628 e. The Kier molecular flexibility index (Phi) is 2.05. The standard InChI is InChI=1S/C15H26/c1-11(2)7-14-8-12(3)15(14)6-4-5-13(9-14)10-15/h11-13H,4-10H2,1-3H3. The Bertz CT molecular complexity index is 263. The lowest BCUT2D eigenvalue weighted by molar-refractivity contribution is -0.132. The van der Waals surface area contributed by atoms with Crippen molar-refractivity contribution in [1.29, 1.82) is 0 Å². The highest BCUT2D eigenvalue weighted by molar-refractivity contribution is 5.17. The first-order chi connectivity index (χ1) is 7.08. The van der Waals surface area contributed by atoms with Crippen molar-refractivity contribution < 1.29 is 0 Å². The Morgan fingerprint density at radius 2 is 2.00 bits per heavy atom. The van der Waals surface area contributed by atoms with Gasteiger partial charge < -0.3 is 0 Å². The Labute approximate surface area is 94.8 Å². The second-order valence-electron chi connectivity index (χ2n) is 7.31. The van der Waals surface area contributed by atoms with Gasteiger partial charge in [0, 0.05) is 0 Å². The molecule has 0 aliphatic heterocycles. The molecule has 3 aliphatic carbocycles. The maximum Gasteiger partial charge on any atom is -0.0212 e. The molecule has 0 N–H and O–H groups in total. The van der Waals surface area contributed by atoms with Gasteiger partial charge in [-0.15, -0.1) is 0 Å². The minimum absolute atomic E-state index is 0.807. The quantitative estimate of drug-likeness (QED) is 0.617. The number of rotatable bonds is 2. The third-order valence-electron chi connectivity index (χ3n) is 6.06. The maximum atomic E-state index is 2.53. The highest BCUT2D eigenvalue weighted by atomic mass is 14.7. The van der Waals surface area contributed by atoms with Gasteiger partial charge in [0.1, 0.15) is 0 Å². The molecule has 15 heavy (non-hydrogen) atoms. The van der Waals surface area contributed by atoms with Crippen LogP contribution in [0, 0.1) is 28.6 Å². The van der Waals surface area contributed by atoms with E-state index in [1.165, 1.54) is 12.8 Å². The van der Waals surface area contributed by atoms with Crippen molar-refractivity contribution in [2.45, 2.75) is 65.7 Å². The van der Waals surface area contributed by atoms with E-state index in [9.17, 15) is 0 Å². The van der Waals surface area contributed by atoms with E-state index in [1.807, 2.05) is 0 Å². The molecule has 4 atom stereocenters. The van der Waals surface area contributed by atoms with Crippen molar-refractivity contribution in [3.63, 3.8) is 0 Å². The molecule has 0 heteroatoms. The lowest BCUT2D eigenvalue weighted by atomic mass is 9.42. The molecule has 0 saturated heterocycles. The van der Waals surface area contributed by atoms with Crippen LogP contribution in [0.1, 0.15) is 65.7 Å². The Hall–Kier alpha value is 0. The van der Waals surface area contributed by atoms with E-state index in [1.54, 1.807) is 32.1 Å². The van der Waals surface area contributed by atoms with Crippen molar-refractivity contribution >= 4 is 0 Å². The van der Waals surface area contributed by atoms with E-state index in [0.29, 0.717) is 0 Å². The smallest absolute Gasteiger partial charge is 0.0212 e. The molecule has 3 fully saturated rings. The first kappa shape index (κ1) is 10.2. The topological polar surface area (TPSA) is 0 Å². The Morgan fingerprint density at radius 3 is 2.67 bits per heavy atom. The van der Waals surface area contributed by atoms with Crippen LogP contribution in [-0.2, 0) is 0 Å². The van der Waals surface area contributed by atoms with E-state index >= 15 is 0 Å². The fourth-order valence-corrected chi connectivity index (χ4v) is 5.90. The summed E-state index contributed by atoms with van der Waals surface area (Å²) in [6.07, 6.45) is 10.9. The molecule has 0 aromatic carbocycles. The lowest BCUT2D eigenvalue weighted by Gasteiger charge is -2.62. The summed E-state index contributed by atoms with van der Waals surface area (Å²) in [6.45, 7) is 7.38. The van der Waals surface area contributed by atoms with Gasteiger partial charge in [0.25, 0.3) is 0 Å². The van der Waals surface area contributed by atoms with Gasteiger partial charge in [0.05, 0.1) is 0 Å². The SMILES string of the molecule is CC(C)CC12CC3CCCC1(C3)C(C)C2. The molecule has 0 nitrogen and oxygen atoms in total. The van der Waals surface area contributed by atoms with Crippen molar-refractivity contribution in [3.05, 3.63) is 0 Å². The van der Waals surface area contributed by atoms with E-state index in [0.717, 1.165) is 28.6 Å². The number of hydrogen-bond acceptors (Lipinski definition) is 0. The molecule has 0 aromatic rings. The van der Waals surface area contributed by atoms with Gasteiger partial charge in [-0.25, -0.2) is 0 Å². The zero-order valence-electron chi connectivity index (χ0n) is 10.7. The van der Waals surface area contributed by atoms with Gasteiger partial charge in [0.2, 0.25) is 0 Å². The van der Waals surface area contributed by atoms with Crippen LogP contribution < -0.4 is 0 Å². The fourth-order valence-electron chi connectivity index (χ4n) is 5.90. The molecule has 3 rings (SSSR count). The van der Waals surface area contributed by atoms with Crippen LogP contribution in [0.2, 0.25) is 0 Å². The van der Waals surface area contributed by atoms with Gasteiger partial charge in [0.15, 0.2) is 0 Å². The van der Waals surface area contributed by atoms with Crippen LogP contribution in [0.5, 0.6) is 0 Å². The van der Waals surface area contributed by atoms with Gasteiger partial charge >= 0.3 is 0 Å². The monoisotopic (exact) mass is 206 g/mol. The van der Waals surface area contributed by atoms with Crippen LogP contribution in [0.3, 0.4) is 0 Å². The van der Waals surface area contributed by atoms with E-state index < -0.39 is 0 Å². The van der Waals surface area contributed by atoms with Crippen molar-refractivity contribution in [2.24, 2.45) is 28.6 Å². The summed E-state index contributed by atoms with van der Waals surface area (Å²) in [7, 11) is 0. The average molecular weight is 206 g/mol.